The number of carbonyl (C=O) groups excluding carboxylic acids is 1. The monoisotopic (exact) mass is 249 g/mol. The Morgan fingerprint density at radius 1 is 1.56 bits per heavy atom. The van der Waals surface area contributed by atoms with Crippen molar-refractivity contribution in [3.8, 4) is 0 Å². The maximum Gasteiger partial charge on any atom is 0.323 e. The molecule has 18 heavy (non-hydrogen) atoms. The first-order valence-corrected chi connectivity index (χ1v) is 6.41. The molecule has 0 spiro atoms. The summed E-state index contributed by atoms with van der Waals surface area (Å²) in [4.78, 5) is 18.0. The number of likely N-dealkylation sites (tertiary alicyclic amines) is 1. The van der Waals surface area contributed by atoms with Gasteiger partial charge < -0.3 is 10.0 Å². The van der Waals surface area contributed by atoms with Crippen LogP contribution < -0.4 is 5.32 Å². The van der Waals surface area contributed by atoms with Gasteiger partial charge in [-0.05, 0) is 37.8 Å². The van der Waals surface area contributed by atoms with Crippen LogP contribution in [0.5, 0.6) is 0 Å². The van der Waals surface area contributed by atoms with Crippen molar-refractivity contribution in [2.75, 3.05) is 18.5 Å². The molecule has 1 unspecified atom stereocenters. The Hall–Kier alpha value is -1.62. The second-order valence-electron chi connectivity index (χ2n) is 4.50. The molecule has 5 nitrogen and oxygen atoms in total. The molecule has 2 N–H and O–H groups in total. The number of aliphatic hydroxyl groups is 1. The summed E-state index contributed by atoms with van der Waals surface area (Å²) in [5.74, 6) is 0.579. The average molecular weight is 249 g/mol. The number of aliphatic hydroxyl groups excluding tert-OH is 1. The number of aromatic nitrogens is 1. The number of urea groups is 1. The van der Waals surface area contributed by atoms with E-state index in [9.17, 15) is 4.79 Å². The summed E-state index contributed by atoms with van der Waals surface area (Å²) in [7, 11) is 0. The van der Waals surface area contributed by atoms with Crippen molar-refractivity contribution >= 4 is 11.8 Å². The van der Waals surface area contributed by atoms with Crippen molar-refractivity contribution in [1.82, 2.24) is 9.88 Å². The lowest BCUT2D eigenvalue weighted by atomic mass is 10.1. The molecular weight excluding hydrogens is 230 g/mol. The van der Waals surface area contributed by atoms with Crippen molar-refractivity contribution in [3.63, 3.8) is 0 Å². The minimum absolute atomic E-state index is 0.0888. The van der Waals surface area contributed by atoms with Crippen molar-refractivity contribution < 1.29 is 9.90 Å². The third-order valence-corrected chi connectivity index (χ3v) is 3.23. The van der Waals surface area contributed by atoms with Crippen molar-refractivity contribution in [2.45, 2.75) is 31.7 Å². The molecule has 1 saturated heterocycles. The Labute approximate surface area is 107 Å². The second-order valence-corrected chi connectivity index (χ2v) is 4.50. The summed E-state index contributed by atoms with van der Waals surface area (Å²) in [6.07, 6.45) is 5.33. The third kappa shape index (κ3) is 3.20. The van der Waals surface area contributed by atoms with Gasteiger partial charge in [0.2, 0.25) is 0 Å². The molecule has 1 aliphatic heterocycles. The van der Waals surface area contributed by atoms with Crippen LogP contribution in [0.1, 0.15) is 25.7 Å². The maximum absolute atomic E-state index is 12.1. The lowest BCUT2D eigenvalue weighted by Crippen LogP contribution is -2.38. The fourth-order valence-electron chi connectivity index (χ4n) is 2.35. The Bertz CT molecular complexity index is 383. The van der Waals surface area contributed by atoms with Crippen LogP contribution in [0.25, 0.3) is 0 Å². The molecule has 1 fully saturated rings. The summed E-state index contributed by atoms with van der Waals surface area (Å²) in [5, 5.41) is 11.7. The number of rotatable bonds is 4. The van der Waals surface area contributed by atoms with E-state index in [1.54, 1.807) is 12.3 Å². The molecule has 0 saturated carbocycles. The standard InChI is InChI=1S/C13H19N3O2/c17-10-4-6-11-5-3-9-16(11)13(18)15-12-7-1-2-8-14-12/h1-2,7-8,11,17H,3-6,9-10H2,(H,14,15,18). The van der Waals surface area contributed by atoms with E-state index in [2.05, 4.69) is 10.3 Å². The maximum atomic E-state index is 12.1. The molecule has 0 aromatic carbocycles. The number of nitrogens with zero attached hydrogens (tertiary/aromatic N) is 2. The van der Waals surface area contributed by atoms with E-state index < -0.39 is 0 Å². The van der Waals surface area contributed by atoms with Gasteiger partial charge in [-0.3, -0.25) is 5.32 Å². The van der Waals surface area contributed by atoms with Crippen LogP contribution in [0.3, 0.4) is 0 Å². The highest BCUT2D eigenvalue weighted by atomic mass is 16.3. The second kappa shape index (κ2) is 6.35. The first-order valence-electron chi connectivity index (χ1n) is 6.41. The molecular formula is C13H19N3O2. The van der Waals surface area contributed by atoms with Gasteiger partial charge in [0.05, 0.1) is 0 Å². The lowest BCUT2D eigenvalue weighted by Gasteiger charge is -2.24. The molecule has 0 bridgehead atoms. The van der Waals surface area contributed by atoms with Gasteiger partial charge in [-0.25, -0.2) is 9.78 Å². The predicted molar refractivity (Wildman–Crippen MR) is 69.3 cm³/mol. The summed E-state index contributed by atoms with van der Waals surface area (Å²) < 4.78 is 0. The van der Waals surface area contributed by atoms with Crippen LogP contribution in [0.15, 0.2) is 24.4 Å². The Morgan fingerprint density at radius 2 is 2.44 bits per heavy atom. The van der Waals surface area contributed by atoms with Gasteiger partial charge in [-0.1, -0.05) is 6.07 Å². The minimum atomic E-state index is -0.0888. The van der Waals surface area contributed by atoms with E-state index in [4.69, 9.17) is 5.11 Å². The SMILES string of the molecule is O=C(Nc1ccccn1)N1CCCC1CCCO. The number of pyridine rings is 1. The normalized spacial score (nSPS) is 18.9. The first kappa shape index (κ1) is 12.8. The van der Waals surface area contributed by atoms with Crippen LogP contribution in [-0.4, -0.2) is 40.2 Å². The van der Waals surface area contributed by atoms with Gasteiger partial charge in [-0.15, -0.1) is 0 Å². The van der Waals surface area contributed by atoms with Gasteiger partial charge in [0, 0.05) is 25.4 Å². The number of amides is 2. The Kier molecular flexibility index (Phi) is 4.52. The van der Waals surface area contributed by atoms with Crippen LogP contribution in [0, 0.1) is 0 Å². The minimum Gasteiger partial charge on any atom is -0.396 e. The zero-order valence-electron chi connectivity index (χ0n) is 10.4. The van der Waals surface area contributed by atoms with Gasteiger partial charge in [0.15, 0.2) is 0 Å². The molecule has 0 radical (unpaired) electrons. The van der Waals surface area contributed by atoms with E-state index in [1.807, 2.05) is 17.0 Å². The van der Waals surface area contributed by atoms with Gasteiger partial charge >= 0.3 is 6.03 Å². The topological polar surface area (TPSA) is 65.5 Å². The molecule has 98 valence electrons. The van der Waals surface area contributed by atoms with E-state index in [-0.39, 0.29) is 18.7 Å². The molecule has 0 aliphatic carbocycles. The summed E-state index contributed by atoms with van der Waals surface area (Å²) >= 11 is 0. The van der Waals surface area contributed by atoms with Gasteiger partial charge in [-0.2, -0.15) is 0 Å². The zero-order valence-corrected chi connectivity index (χ0v) is 10.4. The highest BCUT2D eigenvalue weighted by Crippen LogP contribution is 2.22. The Balaban J connectivity index is 1.91. The number of anilines is 1. The third-order valence-electron chi connectivity index (χ3n) is 3.23. The van der Waals surface area contributed by atoms with Crippen molar-refractivity contribution in [3.05, 3.63) is 24.4 Å². The average Bonchev–Trinajstić information content (AvgIpc) is 2.86. The highest BCUT2D eigenvalue weighted by molar-refractivity contribution is 5.88. The zero-order chi connectivity index (χ0) is 12.8. The van der Waals surface area contributed by atoms with E-state index in [0.29, 0.717) is 5.82 Å². The van der Waals surface area contributed by atoms with E-state index >= 15 is 0 Å². The molecule has 2 heterocycles. The number of hydrogen-bond donors (Lipinski definition) is 2. The van der Waals surface area contributed by atoms with Crippen LogP contribution in [-0.2, 0) is 0 Å². The van der Waals surface area contributed by atoms with Gasteiger partial charge in [0.25, 0.3) is 0 Å². The summed E-state index contributed by atoms with van der Waals surface area (Å²) in [6.45, 7) is 0.973. The highest BCUT2D eigenvalue weighted by Gasteiger charge is 2.28. The summed E-state index contributed by atoms with van der Waals surface area (Å²) in [5.41, 5.74) is 0. The van der Waals surface area contributed by atoms with E-state index in [1.165, 1.54) is 0 Å². The fourth-order valence-corrected chi connectivity index (χ4v) is 2.35. The largest absolute Gasteiger partial charge is 0.396 e. The number of carbonyl (C=O) groups is 1. The molecule has 5 heteroatoms. The van der Waals surface area contributed by atoms with Crippen LogP contribution in [0.4, 0.5) is 10.6 Å². The first-order chi connectivity index (χ1) is 8.81. The fraction of sp³-hybridized carbons (Fsp3) is 0.538. The van der Waals surface area contributed by atoms with Crippen molar-refractivity contribution in [2.24, 2.45) is 0 Å². The molecule has 1 aromatic rings. The molecule has 1 atom stereocenters. The van der Waals surface area contributed by atoms with Crippen LogP contribution >= 0.6 is 0 Å². The predicted octanol–water partition coefficient (Wildman–Crippen LogP) is 1.85. The number of nitrogens with one attached hydrogen (secondary N) is 1. The smallest absolute Gasteiger partial charge is 0.323 e. The van der Waals surface area contributed by atoms with E-state index in [0.717, 1.165) is 32.2 Å². The lowest BCUT2D eigenvalue weighted by molar-refractivity contribution is 0.197. The molecule has 1 aliphatic rings. The van der Waals surface area contributed by atoms with Gasteiger partial charge in [0.1, 0.15) is 5.82 Å². The van der Waals surface area contributed by atoms with Crippen LogP contribution in [0.2, 0.25) is 0 Å². The number of hydrogen-bond acceptors (Lipinski definition) is 3. The van der Waals surface area contributed by atoms with Crippen molar-refractivity contribution in [1.29, 1.82) is 0 Å². The Morgan fingerprint density at radius 3 is 3.17 bits per heavy atom. The molecule has 1 aromatic heterocycles. The molecule has 2 rings (SSSR count). The summed E-state index contributed by atoms with van der Waals surface area (Å²) in [6, 6.07) is 5.59. The molecule has 2 amide bonds. The quantitative estimate of drug-likeness (QED) is 0.855.